The van der Waals surface area contributed by atoms with E-state index in [1.165, 1.54) is 4.90 Å². The van der Waals surface area contributed by atoms with Crippen LogP contribution in [-0.2, 0) is 16.1 Å². The maximum atomic E-state index is 13.5. The molecule has 0 aromatic heterocycles. The van der Waals surface area contributed by atoms with Crippen molar-refractivity contribution in [3.63, 3.8) is 0 Å². The van der Waals surface area contributed by atoms with Gasteiger partial charge in [0.25, 0.3) is 5.91 Å². The third-order valence-corrected chi connectivity index (χ3v) is 6.34. The van der Waals surface area contributed by atoms with Gasteiger partial charge in [-0.2, -0.15) is 0 Å². The summed E-state index contributed by atoms with van der Waals surface area (Å²) < 4.78 is 5.21. The highest BCUT2D eigenvalue weighted by molar-refractivity contribution is 7.80. The third kappa shape index (κ3) is 5.33. The Bertz CT molecular complexity index is 1200. The fraction of sp³-hybridized carbons (Fsp3) is 0.160. The van der Waals surface area contributed by atoms with E-state index in [4.69, 9.17) is 40.2 Å². The largest absolute Gasteiger partial charge is 0.497 e. The predicted octanol–water partition coefficient (Wildman–Crippen LogP) is 5.53. The number of carbonyl (C=O) groups is 2. The Kier molecular flexibility index (Phi) is 7.36. The molecule has 1 saturated heterocycles. The second-order valence-electron chi connectivity index (χ2n) is 7.68. The summed E-state index contributed by atoms with van der Waals surface area (Å²) in [5.41, 5.74) is 2.12. The summed E-state index contributed by atoms with van der Waals surface area (Å²) in [4.78, 5) is 29.6. The van der Waals surface area contributed by atoms with E-state index >= 15 is 0 Å². The normalized spacial score (nSPS) is 15.6. The van der Waals surface area contributed by atoms with E-state index in [-0.39, 0.29) is 18.2 Å². The van der Waals surface area contributed by atoms with Gasteiger partial charge in [0.2, 0.25) is 5.91 Å². The molecule has 0 spiro atoms. The number of amides is 2. The van der Waals surface area contributed by atoms with Crippen molar-refractivity contribution in [2.24, 2.45) is 0 Å². The van der Waals surface area contributed by atoms with Gasteiger partial charge in [0.1, 0.15) is 11.8 Å². The lowest BCUT2D eigenvalue weighted by Crippen LogP contribution is -2.37. The van der Waals surface area contributed by atoms with Gasteiger partial charge in [-0.05, 0) is 78.4 Å². The molecule has 6 nitrogen and oxygen atoms in total. The molecule has 174 valence electrons. The van der Waals surface area contributed by atoms with Crippen LogP contribution in [0.25, 0.3) is 0 Å². The molecular weight excluding hydrogens is 493 g/mol. The van der Waals surface area contributed by atoms with Gasteiger partial charge in [-0.3, -0.25) is 14.5 Å². The number of anilines is 2. The highest BCUT2D eigenvalue weighted by Crippen LogP contribution is 2.30. The zero-order valence-electron chi connectivity index (χ0n) is 18.2. The molecule has 3 aromatic carbocycles. The first-order valence-electron chi connectivity index (χ1n) is 10.4. The summed E-state index contributed by atoms with van der Waals surface area (Å²) in [5, 5.41) is 4.33. The Labute approximate surface area is 213 Å². The zero-order valence-corrected chi connectivity index (χ0v) is 20.5. The minimum Gasteiger partial charge on any atom is -0.497 e. The number of hydrogen-bond donors (Lipinski definition) is 1. The van der Waals surface area contributed by atoms with Gasteiger partial charge in [-0.25, -0.2) is 0 Å². The Hall–Kier alpha value is -3.13. The van der Waals surface area contributed by atoms with E-state index in [2.05, 4.69) is 5.32 Å². The molecule has 1 aliphatic rings. The lowest BCUT2D eigenvalue weighted by molar-refractivity contribution is -0.124. The molecule has 0 radical (unpaired) electrons. The standard InChI is InChI=1S/C25H21Cl2N3O3S/c1-33-21-12-10-20(11-13-21)30-24(32)22(14-23(31)28-19-8-6-18(27)7-9-19)29(25(30)34)15-16-2-4-17(26)5-3-16/h2-13,22H,14-15H2,1H3,(H,28,31). The molecule has 34 heavy (non-hydrogen) atoms. The molecule has 1 aliphatic heterocycles. The van der Waals surface area contributed by atoms with E-state index in [0.717, 1.165) is 5.56 Å². The van der Waals surface area contributed by atoms with Crippen LogP contribution >= 0.6 is 35.4 Å². The van der Waals surface area contributed by atoms with E-state index in [1.54, 1.807) is 72.7 Å². The lowest BCUT2D eigenvalue weighted by Gasteiger charge is -2.24. The molecule has 1 atom stereocenters. The Balaban J connectivity index is 1.59. The Morgan fingerprint density at radius 1 is 0.971 bits per heavy atom. The number of benzene rings is 3. The number of rotatable bonds is 7. The number of halogens is 2. The average molecular weight is 514 g/mol. The summed E-state index contributed by atoms with van der Waals surface area (Å²) in [7, 11) is 1.57. The Morgan fingerprint density at radius 3 is 2.15 bits per heavy atom. The van der Waals surface area contributed by atoms with Gasteiger partial charge < -0.3 is 15.0 Å². The SMILES string of the molecule is COc1ccc(N2C(=O)C(CC(=O)Nc3ccc(Cl)cc3)N(Cc3ccc(Cl)cc3)C2=S)cc1. The van der Waals surface area contributed by atoms with Crippen molar-refractivity contribution in [1.29, 1.82) is 0 Å². The van der Waals surface area contributed by atoms with Crippen molar-refractivity contribution in [3.05, 3.63) is 88.4 Å². The molecule has 3 aromatic rings. The summed E-state index contributed by atoms with van der Waals surface area (Å²) >= 11 is 17.6. The second-order valence-corrected chi connectivity index (χ2v) is 8.92. The van der Waals surface area contributed by atoms with Gasteiger partial charge in [-0.1, -0.05) is 35.3 Å². The van der Waals surface area contributed by atoms with E-state index < -0.39 is 6.04 Å². The van der Waals surface area contributed by atoms with Crippen molar-refractivity contribution < 1.29 is 14.3 Å². The van der Waals surface area contributed by atoms with Gasteiger partial charge >= 0.3 is 0 Å². The maximum Gasteiger partial charge on any atom is 0.256 e. The molecule has 0 aliphatic carbocycles. The van der Waals surface area contributed by atoms with Crippen LogP contribution in [0.3, 0.4) is 0 Å². The van der Waals surface area contributed by atoms with Crippen LogP contribution in [0.1, 0.15) is 12.0 Å². The van der Waals surface area contributed by atoms with Crippen LogP contribution in [0.15, 0.2) is 72.8 Å². The second kappa shape index (κ2) is 10.4. The molecule has 0 bridgehead atoms. The summed E-state index contributed by atoms with van der Waals surface area (Å²) in [6.07, 6.45) is -0.0676. The molecule has 2 amide bonds. The van der Waals surface area contributed by atoms with Crippen LogP contribution in [-0.4, -0.2) is 35.0 Å². The number of thiocarbonyl (C=S) groups is 1. The topological polar surface area (TPSA) is 61.9 Å². The molecule has 0 saturated carbocycles. The lowest BCUT2D eigenvalue weighted by atomic mass is 10.1. The molecule has 1 N–H and O–H groups in total. The molecule has 1 unspecified atom stereocenters. The number of carbonyl (C=O) groups excluding carboxylic acids is 2. The van der Waals surface area contributed by atoms with Gasteiger partial charge in [0, 0.05) is 22.3 Å². The quantitative estimate of drug-likeness (QED) is 0.420. The van der Waals surface area contributed by atoms with Crippen LogP contribution in [0.5, 0.6) is 5.75 Å². The Morgan fingerprint density at radius 2 is 1.56 bits per heavy atom. The van der Waals surface area contributed by atoms with E-state index in [9.17, 15) is 9.59 Å². The smallest absolute Gasteiger partial charge is 0.256 e. The van der Waals surface area contributed by atoms with E-state index in [0.29, 0.717) is 38.8 Å². The minimum absolute atomic E-state index is 0.0676. The first-order chi connectivity index (χ1) is 16.4. The number of ether oxygens (including phenoxy) is 1. The van der Waals surface area contributed by atoms with Crippen molar-refractivity contribution in [1.82, 2.24) is 4.90 Å². The van der Waals surface area contributed by atoms with Crippen molar-refractivity contribution in [3.8, 4) is 5.75 Å². The molecule has 1 fully saturated rings. The maximum absolute atomic E-state index is 13.5. The monoisotopic (exact) mass is 513 g/mol. The first-order valence-corrected chi connectivity index (χ1v) is 11.6. The summed E-state index contributed by atoms with van der Waals surface area (Å²) in [6, 6.07) is 20.4. The summed E-state index contributed by atoms with van der Waals surface area (Å²) in [6.45, 7) is 0.354. The van der Waals surface area contributed by atoms with Crippen LogP contribution in [0.2, 0.25) is 10.0 Å². The third-order valence-electron chi connectivity index (χ3n) is 5.42. The predicted molar refractivity (Wildman–Crippen MR) is 139 cm³/mol. The fourth-order valence-corrected chi connectivity index (χ4v) is 4.33. The highest BCUT2D eigenvalue weighted by Gasteiger charge is 2.44. The van der Waals surface area contributed by atoms with Gasteiger partial charge in [0.05, 0.1) is 19.2 Å². The average Bonchev–Trinajstić information content (AvgIpc) is 3.06. The van der Waals surface area contributed by atoms with Gasteiger partial charge in [-0.15, -0.1) is 0 Å². The number of nitrogens with zero attached hydrogens (tertiary/aromatic N) is 2. The molecule has 1 heterocycles. The number of hydrogen-bond acceptors (Lipinski definition) is 4. The fourth-order valence-electron chi connectivity index (χ4n) is 3.69. The van der Waals surface area contributed by atoms with Crippen molar-refractivity contribution >= 4 is 63.7 Å². The number of methoxy groups -OCH3 is 1. The number of nitrogens with one attached hydrogen (secondary N) is 1. The first kappa shape index (κ1) is 24.0. The highest BCUT2D eigenvalue weighted by atomic mass is 35.5. The van der Waals surface area contributed by atoms with Crippen LogP contribution in [0, 0.1) is 0 Å². The van der Waals surface area contributed by atoms with Crippen molar-refractivity contribution in [2.45, 2.75) is 19.0 Å². The van der Waals surface area contributed by atoms with Gasteiger partial charge in [0.15, 0.2) is 5.11 Å². The molecule has 9 heteroatoms. The molecule has 4 rings (SSSR count). The molecular formula is C25H21Cl2N3O3S. The van der Waals surface area contributed by atoms with Crippen LogP contribution in [0.4, 0.5) is 11.4 Å². The minimum atomic E-state index is -0.766. The summed E-state index contributed by atoms with van der Waals surface area (Å²) in [5.74, 6) is 0.0924. The van der Waals surface area contributed by atoms with Crippen molar-refractivity contribution in [2.75, 3.05) is 17.3 Å². The van der Waals surface area contributed by atoms with Crippen LogP contribution < -0.4 is 15.0 Å². The zero-order chi connectivity index (χ0) is 24.2. The van der Waals surface area contributed by atoms with E-state index in [1.807, 2.05) is 12.1 Å².